The number of benzene rings is 2. The molecule has 2 aromatic rings. The van der Waals surface area contributed by atoms with Gasteiger partial charge in [-0.2, -0.15) is 0 Å². The largest absolute Gasteiger partial charge is 0.497 e. The van der Waals surface area contributed by atoms with Gasteiger partial charge in [-0.3, -0.25) is 9.59 Å². The summed E-state index contributed by atoms with van der Waals surface area (Å²) in [5.41, 5.74) is 3.47. The van der Waals surface area contributed by atoms with E-state index in [0.29, 0.717) is 38.3 Å². The van der Waals surface area contributed by atoms with Gasteiger partial charge in [0.1, 0.15) is 11.8 Å². The summed E-state index contributed by atoms with van der Waals surface area (Å²) in [7, 11) is 1.63. The number of carbonyl (C=O) groups excluding carboxylic acids is 2. The fourth-order valence-corrected chi connectivity index (χ4v) is 3.84. The quantitative estimate of drug-likeness (QED) is 0.475. The van der Waals surface area contributed by atoms with Crippen molar-refractivity contribution < 1.29 is 14.3 Å². The van der Waals surface area contributed by atoms with Gasteiger partial charge in [-0.1, -0.05) is 77.9 Å². The van der Waals surface area contributed by atoms with E-state index in [1.807, 2.05) is 31.2 Å². The lowest BCUT2D eigenvalue weighted by molar-refractivity contribution is -0.141. The average Bonchev–Trinajstić information content (AvgIpc) is 2.81. The number of amides is 2. The molecule has 1 N–H and O–H groups in total. The lowest BCUT2D eigenvalue weighted by Gasteiger charge is -2.31. The van der Waals surface area contributed by atoms with Gasteiger partial charge in [0, 0.05) is 19.5 Å². The highest BCUT2D eigenvalue weighted by Gasteiger charge is 2.28. The fraction of sp³-hybridized carbons (Fsp3) is 0.517. The second kappa shape index (κ2) is 12.6. The first-order valence-electron chi connectivity index (χ1n) is 12.3. The molecule has 0 heterocycles. The monoisotopic (exact) mass is 466 g/mol. The van der Waals surface area contributed by atoms with Crippen LogP contribution in [0.25, 0.3) is 0 Å². The van der Waals surface area contributed by atoms with Crippen molar-refractivity contribution in [2.24, 2.45) is 5.92 Å². The molecule has 34 heavy (non-hydrogen) atoms. The summed E-state index contributed by atoms with van der Waals surface area (Å²) in [6, 6.07) is 15.7. The SMILES string of the molecule is CC[C@@H](C(=O)NCC(C)C)N(Cc1ccc(OC)cc1)C(=O)CCc1ccc(C(C)(C)C)cc1. The lowest BCUT2D eigenvalue weighted by atomic mass is 9.86. The Morgan fingerprint density at radius 1 is 0.971 bits per heavy atom. The van der Waals surface area contributed by atoms with Crippen molar-refractivity contribution in [2.45, 2.75) is 78.8 Å². The van der Waals surface area contributed by atoms with E-state index in [2.05, 4.69) is 64.2 Å². The molecular weight excluding hydrogens is 424 g/mol. The Balaban J connectivity index is 2.18. The third kappa shape index (κ3) is 8.19. The van der Waals surface area contributed by atoms with Crippen LogP contribution in [0.3, 0.4) is 0 Å². The number of hydrogen-bond acceptors (Lipinski definition) is 3. The molecule has 0 fully saturated rings. The summed E-state index contributed by atoms with van der Waals surface area (Å²) in [6.07, 6.45) is 1.57. The van der Waals surface area contributed by atoms with Crippen molar-refractivity contribution in [1.29, 1.82) is 0 Å². The van der Waals surface area contributed by atoms with Crippen LogP contribution in [-0.4, -0.2) is 36.4 Å². The average molecular weight is 467 g/mol. The van der Waals surface area contributed by atoms with Gasteiger partial charge in [0.2, 0.25) is 11.8 Å². The maximum atomic E-state index is 13.4. The topological polar surface area (TPSA) is 58.6 Å². The van der Waals surface area contributed by atoms with Gasteiger partial charge in [0.15, 0.2) is 0 Å². The van der Waals surface area contributed by atoms with Gasteiger partial charge in [0.05, 0.1) is 7.11 Å². The van der Waals surface area contributed by atoms with Crippen LogP contribution in [0, 0.1) is 5.92 Å². The Morgan fingerprint density at radius 3 is 2.06 bits per heavy atom. The van der Waals surface area contributed by atoms with E-state index in [0.717, 1.165) is 16.9 Å². The minimum atomic E-state index is -0.503. The Morgan fingerprint density at radius 2 is 1.56 bits per heavy atom. The summed E-state index contributed by atoms with van der Waals surface area (Å²) in [4.78, 5) is 28.2. The molecule has 0 aromatic heterocycles. The maximum Gasteiger partial charge on any atom is 0.242 e. The molecule has 0 spiro atoms. The zero-order valence-electron chi connectivity index (χ0n) is 22.0. The van der Waals surface area contributed by atoms with E-state index >= 15 is 0 Å². The number of ether oxygens (including phenoxy) is 1. The number of aryl methyl sites for hydroxylation is 1. The number of rotatable bonds is 11. The zero-order valence-corrected chi connectivity index (χ0v) is 22.0. The van der Waals surface area contributed by atoms with Crippen molar-refractivity contribution in [1.82, 2.24) is 10.2 Å². The number of carbonyl (C=O) groups is 2. The van der Waals surface area contributed by atoms with E-state index in [-0.39, 0.29) is 17.2 Å². The van der Waals surface area contributed by atoms with Gasteiger partial charge < -0.3 is 15.0 Å². The standard InChI is InChI=1S/C29H42N2O3/c1-8-26(28(33)30-19-21(2)3)31(20-23-11-16-25(34-7)17-12-23)27(32)18-13-22-9-14-24(15-10-22)29(4,5)6/h9-12,14-17,21,26H,8,13,18-20H2,1-7H3,(H,30,33)/t26-/m0/s1. The molecule has 2 rings (SSSR count). The molecule has 186 valence electrons. The normalized spacial score (nSPS) is 12.4. The molecule has 2 aromatic carbocycles. The van der Waals surface area contributed by atoms with Crippen LogP contribution in [-0.2, 0) is 28.0 Å². The second-order valence-electron chi connectivity index (χ2n) is 10.4. The first-order chi connectivity index (χ1) is 16.0. The second-order valence-corrected chi connectivity index (χ2v) is 10.4. The molecule has 0 bridgehead atoms. The predicted molar refractivity (Wildman–Crippen MR) is 139 cm³/mol. The molecule has 0 aliphatic carbocycles. The summed E-state index contributed by atoms with van der Waals surface area (Å²) in [5.74, 6) is 1.01. The molecule has 0 unspecified atom stereocenters. The van der Waals surface area contributed by atoms with Crippen LogP contribution < -0.4 is 10.1 Å². The molecular formula is C29H42N2O3. The summed E-state index contributed by atoms with van der Waals surface area (Å²) >= 11 is 0. The maximum absolute atomic E-state index is 13.4. The molecule has 1 atom stereocenters. The van der Waals surface area contributed by atoms with Crippen LogP contribution in [0.15, 0.2) is 48.5 Å². The van der Waals surface area contributed by atoms with Crippen LogP contribution in [0.2, 0.25) is 0 Å². The smallest absolute Gasteiger partial charge is 0.242 e. The Kier molecular flexibility index (Phi) is 10.2. The third-order valence-electron chi connectivity index (χ3n) is 6.03. The zero-order chi connectivity index (χ0) is 25.3. The number of methoxy groups -OCH3 is 1. The molecule has 0 aliphatic rings. The molecule has 0 saturated heterocycles. The van der Waals surface area contributed by atoms with E-state index in [9.17, 15) is 9.59 Å². The van der Waals surface area contributed by atoms with Crippen molar-refractivity contribution in [3.8, 4) is 5.75 Å². The van der Waals surface area contributed by atoms with E-state index in [1.54, 1.807) is 12.0 Å². The van der Waals surface area contributed by atoms with Gasteiger partial charge >= 0.3 is 0 Å². The molecule has 2 amide bonds. The lowest BCUT2D eigenvalue weighted by Crippen LogP contribution is -2.49. The minimum Gasteiger partial charge on any atom is -0.497 e. The van der Waals surface area contributed by atoms with Crippen molar-refractivity contribution >= 4 is 11.8 Å². The van der Waals surface area contributed by atoms with Gasteiger partial charge in [-0.15, -0.1) is 0 Å². The Bertz CT molecular complexity index is 912. The third-order valence-corrected chi connectivity index (χ3v) is 6.03. The summed E-state index contributed by atoms with van der Waals surface area (Å²) in [6.45, 7) is 13.6. The van der Waals surface area contributed by atoms with E-state index in [1.165, 1.54) is 5.56 Å². The van der Waals surface area contributed by atoms with E-state index < -0.39 is 6.04 Å². The van der Waals surface area contributed by atoms with Gasteiger partial charge in [0.25, 0.3) is 0 Å². The Hall–Kier alpha value is -2.82. The number of hydrogen-bond donors (Lipinski definition) is 1. The summed E-state index contributed by atoms with van der Waals surface area (Å²) in [5, 5.41) is 3.01. The Labute approximate surface area is 205 Å². The van der Waals surface area contributed by atoms with Crippen LogP contribution in [0.4, 0.5) is 0 Å². The molecule has 5 heteroatoms. The minimum absolute atomic E-state index is 0.0118. The van der Waals surface area contributed by atoms with Crippen molar-refractivity contribution in [2.75, 3.05) is 13.7 Å². The number of nitrogens with one attached hydrogen (secondary N) is 1. The van der Waals surface area contributed by atoms with Gasteiger partial charge in [-0.25, -0.2) is 0 Å². The van der Waals surface area contributed by atoms with Crippen LogP contribution >= 0.6 is 0 Å². The fourth-order valence-electron chi connectivity index (χ4n) is 3.84. The first kappa shape index (κ1) is 27.4. The summed E-state index contributed by atoms with van der Waals surface area (Å²) < 4.78 is 5.25. The highest BCUT2D eigenvalue weighted by Crippen LogP contribution is 2.23. The van der Waals surface area contributed by atoms with Crippen LogP contribution in [0.1, 0.15) is 71.1 Å². The van der Waals surface area contributed by atoms with Gasteiger partial charge in [-0.05, 0) is 53.0 Å². The molecule has 5 nitrogen and oxygen atoms in total. The highest BCUT2D eigenvalue weighted by molar-refractivity contribution is 5.87. The van der Waals surface area contributed by atoms with Crippen molar-refractivity contribution in [3.05, 3.63) is 65.2 Å². The predicted octanol–water partition coefficient (Wildman–Crippen LogP) is 5.50. The van der Waals surface area contributed by atoms with Crippen molar-refractivity contribution in [3.63, 3.8) is 0 Å². The van der Waals surface area contributed by atoms with Crippen LogP contribution in [0.5, 0.6) is 5.75 Å². The first-order valence-corrected chi connectivity index (χ1v) is 12.3. The molecule has 0 saturated carbocycles. The molecule has 0 aliphatic heterocycles. The highest BCUT2D eigenvalue weighted by atomic mass is 16.5. The molecule has 0 radical (unpaired) electrons. The number of nitrogens with zero attached hydrogens (tertiary/aromatic N) is 1. The van der Waals surface area contributed by atoms with E-state index in [4.69, 9.17) is 4.74 Å².